The molecule has 202 valence electrons. The third-order valence-electron chi connectivity index (χ3n) is 5.06. The molecule has 2 aromatic heterocycles. The van der Waals surface area contributed by atoms with Crippen molar-refractivity contribution in [3.05, 3.63) is 52.6 Å². The van der Waals surface area contributed by atoms with Crippen LogP contribution in [0.1, 0.15) is 19.4 Å². The molecule has 1 unspecified atom stereocenters. The molecule has 0 bridgehead atoms. The number of anilines is 1. The molecule has 0 aliphatic rings. The van der Waals surface area contributed by atoms with Gasteiger partial charge in [0.1, 0.15) is 6.73 Å². The van der Waals surface area contributed by atoms with Crippen LogP contribution in [0.4, 0.5) is 5.95 Å². The summed E-state index contributed by atoms with van der Waals surface area (Å²) in [6.45, 7) is 3.25. The van der Waals surface area contributed by atoms with Crippen LogP contribution in [0.5, 0.6) is 0 Å². The molecule has 0 saturated heterocycles. The number of rotatable bonds is 15. The number of H-pyrrole nitrogens is 1. The lowest BCUT2D eigenvalue weighted by atomic mass is 9.97. The van der Waals surface area contributed by atoms with Crippen molar-refractivity contribution in [1.82, 2.24) is 24.6 Å². The molecule has 0 amide bonds. The Morgan fingerprint density at radius 3 is 2.70 bits per heavy atom. The van der Waals surface area contributed by atoms with Gasteiger partial charge in [-0.2, -0.15) is 4.98 Å². The molecule has 2 heterocycles. The number of nitrogens with two attached hydrogens (primary N) is 1. The Morgan fingerprint density at radius 2 is 1.97 bits per heavy atom. The number of aromatic nitrogens is 4. The summed E-state index contributed by atoms with van der Waals surface area (Å²) < 4.78 is 31.4. The molecule has 1 atom stereocenters. The molecule has 37 heavy (non-hydrogen) atoms. The molecular formula is C22H31N6O7PS. The van der Waals surface area contributed by atoms with Gasteiger partial charge in [-0.25, -0.2) is 14.6 Å². The highest BCUT2D eigenvalue weighted by atomic mass is 32.2. The Bertz CT molecular complexity index is 1280. The maximum atomic E-state index is 13.3. The Labute approximate surface area is 217 Å². The zero-order valence-electron chi connectivity index (χ0n) is 20.6. The van der Waals surface area contributed by atoms with E-state index in [4.69, 9.17) is 19.5 Å². The second kappa shape index (κ2) is 13.3. The topological polar surface area (TPSA) is 184 Å². The van der Waals surface area contributed by atoms with Crippen molar-refractivity contribution in [2.45, 2.75) is 27.1 Å². The zero-order valence-corrected chi connectivity index (χ0v) is 22.3. The summed E-state index contributed by atoms with van der Waals surface area (Å²) in [5.41, 5.74) is 5.56. The van der Waals surface area contributed by atoms with Gasteiger partial charge in [-0.05, 0) is 19.4 Å². The summed E-state index contributed by atoms with van der Waals surface area (Å²) in [7, 11) is -3.74. The van der Waals surface area contributed by atoms with Gasteiger partial charge in [0.15, 0.2) is 16.3 Å². The smallest absolute Gasteiger partial charge is 0.395 e. The van der Waals surface area contributed by atoms with Gasteiger partial charge >= 0.3 is 7.75 Å². The highest BCUT2D eigenvalue weighted by Crippen LogP contribution is 2.44. The minimum Gasteiger partial charge on any atom is -0.395 e. The highest BCUT2D eigenvalue weighted by Gasteiger charge is 2.28. The summed E-state index contributed by atoms with van der Waals surface area (Å²) in [5, 5.41) is 12.0. The van der Waals surface area contributed by atoms with E-state index < -0.39 is 18.7 Å². The number of ether oxygens (including phenoxy) is 1. The summed E-state index contributed by atoms with van der Waals surface area (Å²) in [6.07, 6.45) is 1.40. The molecule has 15 heteroatoms. The van der Waals surface area contributed by atoms with Crippen LogP contribution < -0.4 is 16.4 Å². The Kier molecular flexibility index (Phi) is 10.4. The molecule has 3 aromatic rings. The van der Waals surface area contributed by atoms with Crippen LogP contribution in [0, 0.1) is 5.41 Å². The first-order valence-corrected chi connectivity index (χ1v) is 13.9. The maximum absolute atomic E-state index is 13.3. The van der Waals surface area contributed by atoms with Crippen molar-refractivity contribution < 1.29 is 28.3 Å². The standard InChI is InChI=1S/C22H31N6O7PS/c1-22(2,13-29)20(31)37-11-10-35-36(32,25-12-16-6-4-3-5-7-16)34-9-8-33-15-28-14-24-17-18(28)26-21(23)27-19(17)30/h3-7,14,29H,8-13,15H2,1-2H3,(H,25,32)(H3,23,26,27,30). The lowest BCUT2D eigenvalue weighted by Gasteiger charge is -2.21. The van der Waals surface area contributed by atoms with Crippen LogP contribution in [0.3, 0.4) is 0 Å². The van der Waals surface area contributed by atoms with E-state index in [0.717, 1.165) is 17.3 Å². The van der Waals surface area contributed by atoms with E-state index in [9.17, 15) is 19.3 Å². The Hall–Kier alpha value is -2.58. The zero-order chi connectivity index (χ0) is 26.9. The monoisotopic (exact) mass is 554 g/mol. The molecule has 5 N–H and O–H groups in total. The first-order valence-electron chi connectivity index (χ1n) is 11.4. The number of carbonyl (C=O) groups is 1. The van der Waals surface area contributed by atoms with E-state index in [-0.39, 0.29) is 67.7 Å². The van der Waals surface area contributed by atoms with E-state index in [1.165, 1.54) is 10.9 Å². The van der Waals surface area contributed by atoms with Crippen LogP contribution in [0.2, 0.25) is 0 Å². The summed E-state index contributed by atoms with van der Waals surface area (Å²) >= 11 is 0.995. The number of thioether (sulfide) groups is 1. The van der Waals surface area contributed by atoms with Gasteiger partial charge in [0.2, 0.25) is 5.95 Å². The van der Waals surface area contributed by atoms with Gasteiger partial charge < -0.3 is 15.6 Å². The van der Waals surface area contributed by atoms with Crippen LogP contribution in [-0.2, 0) is 36.4 Å². The van der Waals surface area contributed by atoms with Crippen molar-refractivity contribution >= 4 is 41.7 Å². The van der Waals surface area contributed by atoms with Crippen molar-refractivity contribution in [2.24, 2.45) is 5.41 Å². The van der Waals surface area contributed by atoms with Crippen molar-refractivity contribution in [3.63, 3.8) is 0 Å². The number of carbonyl (C=O) groups excluding carboxylic acids is 1. The summed E-state index contributed by atoms with van der Waals surface area (Å²) in [5.74, 6) is 0.201. The molecule has 3 rings (SSSR count). The average Bonchev–Trinajstić information content (AvgIpc) is 3.28. The number of benzene rings is 1. The fourth-order valence-electron chi connectivity index (χ4n) is 2.91. The van der Waals surface area contributed by atoms with E-state index >= 15 is 0 Å². The third kappa shape index (κ3) is 8.47. The van der Waals surface area contributed by atoms with Crippen LogP contribution >= 0.6 is 19.5 Å². The van der Waals surface area contributed by atoms with Gasteiger partial charge in [0, 0.05) is 12.3 Å². The van der Waals surface area contributed by atoms with Crippen LogP contribution in [0.25, 0.3) is 11.2 Å². The molecule has 0 aliphatic carbocycles. The molecular weight excluding hydrogens is 523 g/mol. The SMILES string of the molecule is CC(C)(CO)C(=O)SCCOP(=O)(NCc1ccccc1)OCCOCn1cnc2c(=O)[nH]c(N)nc21. The minimum absolute atomic E-state index is 0.0117. The number of hydrogen-bond donors (Lipinski definition) is 4. The Morgan fingerprint density at radius 1 is 1.24 bits per heavy atom. The van der Waals surface area contributed by atoms with Gasteiger partial charge in [-0.1, -0.05) is 42.1 Å². The number of aromatic amines is 1. The number of nitrogen functional groups attached to an aromatic ring is 1. The second-order valence-electron chi connectivity index (χ2n) is 8.54. The lowest BCUT2D eigenvalue weighted by Crippen LogP contribution is -2.26. The maximum Gasteiger partial charge on any atom is 0.405 e. The first-order chi connectivity index (χ1) is 17.6. The summed E-state index contributed by atoms with van der Waals surface area (Å²) in [6, 6.07) is 9.33. The molecule has 0 spiro atoms. The summed E-state index contributed by atoms with van der Waals surface area (Å²) in [4.78, 5) is 34.5. The molecule has 1 aromatic carbocycles. The van der Waals surface area contributed by atoms with Gasteiger partial charge in [-0.15, -0.1) is 0 Å². The normalized spacial score (nSPS) is 13.6. The Balaban J connectivity index is 1.51. The third-order valence-corrected chi connectivity index (χ3v) is 7.83. The second-order valence-corrected chi connectivity index (χ2v) is 11.4. The molecule has 0 radical (unpaired) electrons. The largest absolute Gasteiger partial charge is 0.405 e. The number of hydrogen-bond acceptors (Lipinski definition) is 11. The van der Waals surface area contributed by atoms with Gasteiger partial charge in [0.05, 0.1) is 38.2 Å². The fraction of sp³-hybridized carbons (Fsp3) is 0.455. The number of imidazole rings is 1. The van der Waals surface area contributed by atoms with E-state index in [2.05, 4.69) is 20.0 Å². The number of aliphatic hydroxyl groups is 1. The van der Waals surface area contributed by atoms with Gasteiger partial charge in [0.25, 0.3) is 5.56 Å². The fourth-order valence-corrected chi connectivity index (χ4v) is 5.12. The van der Waals surface area contributed by atoms with Crippen molar-refractivity contribution in [3.8, 4) is 0 Å². The van der Waals surface area contributed by atoms with Crippen molar-refractivity contribution in [1.29, 1.82) is 0 Å². The van der Waals surface area contributed by atoms with Gasteiger partial charge in [-0.3, -0.25) is 28.2 Å². The van der Waals surface area contributed by atoms with E-state index in [0.29, 0.717) is 0 Å². The number of aliphatic hydroxyl groups excluding tert-OH is 1. The molecule has 0 fully saturated rings. The van der Waals surface area contributed by atoms with Crippen LogP contribution in [0.15, 0.2) is 41.5 Å². The number of nitrogens with one attached hydrogen (secondary N) is 2. The van der Waals surface area contributed by atoms with E-state index in [1.54, 1.807) is 13.8 Å². The lowest BCUT2D eigenvalue weighted by molar-refractivity contribution is -0.119. The van der Waals surface area contributed by atoms with Crippen molar-refractivity contribution in [2.75, 3.05) is 37.9 Å². The quantitative estimate of drug-likeness (QED) is 0.158. The molecule has 13 nitrogen and oxygen atoms in total. The van der Waals surface area contributed by atoms with E-state index in [1.807, 2.05) is 30.3 Å². The first kappa shape index (κ1) is 29.0. The highest BCUT2D eigenvalue weighted by molar-refractivity contribution is 8.13. The molecule has 0 saturated carbocycles. The number of nitrogens with zero attached hydrogens (tertiary/aromatic N) is 3. The predicted molar refractivity (Wildman–Crippen MR) is 140 cm³/mol. The average molecular weight is 555 g/mol. The number of fused-ring (bicyclic) bond motifs is 1. The minimum atomic E-state index is -3.74. The van der Waals surface area contributed by atoms with Crippen LogP contribution in [-0.4, -0.2) is 61.9 Å². The molecule has 0 aliphatic heterocycles. The predicted octanol–water partition coefficient (Wildman–Crippen LogP) is 1.89.